The molecule has 1 aromatic rings. The zero-order valence-corrected chi connectivity index (χ0v) is 12.8. The second kappa shape index (κ2) is 7.09. The highest BCUT2D eigenvalue weighted by molar-refractivity contribution is 6.30. The highest BCUT2D eigenvalue weighted by Crippen LogP contribution is 2.41. The molecule has 20 heavy (non-hydrogen) atoms. The van der Waals surface area contributed by atoms with E-state index in [2.05, 4.69) is 17.6 Å². The first kappa shape index (κ1) is 15.3. The van der Waals surface area contributed by atoms with E-state index in [9.17, 15) is 4.79 Å². The molecule has 0 bridgehead atoms. The van der Waals surface area contributed by atoms with Crippen LogP contribution in [0.1, 0.15) is 38.2 Å². The van der Waals surface area contributed by atoms with E-state index in [4.69, 9.17) is 11.6 Å². The summed E-state index contributed by atoms with van der Waals surface area (Å²) < 4.78 is 0. The first-order chi connectivity index (χ1) is 9.69. The second-order valence-corrected chi connectivity index (χ2v) is 5.84. The molecule has 1 fully saturated rings. The minimum atomic E-state index is -0.350. The lowest BCUT2D eigenvalue weighted by Crippen LogP contribution is -2.44. The largest absolute Gasteiger partial charge is 0.354 e. The molecule has 0 spiro atoms. The maximum Gasteiger partial charge on any atom is 0.230 e. The van der Waals surface area contributed by atoms with Gasteiger partial charge in [-0.05, 0) is 37.1 Å². The van der Waals surface area contributed by atoms with Crippen LogP contribution in [0.3, 0.4) is 0 Å². The lowest BCUT2D eigenvalue weighted by Gasteiger charge is -2.28. The average molecular weight is 295 g/mol. The summed E-state index contributed by atoms with van der Waals surface area (Å²) in [6, 6.07) is 7.75. The summed E-state index contributed by atoms with van der Waals surface area (Å²) >= 11 is 5.95. The lowest BCUT2D eigenvalue weighted by atomic mass is 9.78. The smallest absolute Gasteiger partial charge is 0.230 e. The van der Waals surface area contributed by atoms with Crippen LogP contribution in [0, 0.1) is 0 Å². The van der Waals surface area contributed by atoms with Gasteiger partial charge in [0.05, 0.1) is 5.41 Å². The molecule has 1 aliphatic carbocycles. The molecule has 1 saturated carbocycles. The van der Waals surface area contributed by atoms with Crippen LogP contribution < -0.4 is 10.6 Å². The van der Waals surface area contributed by atoms with Crippen molar-refractivity contribution in [2.24, 2.45) is 0 Å². The third-order valence-electron chi connectivity index (χ3n) is 4.13. The topological polar surface area (TPSA) is 41.1 Å². The van der Waals surface area contributed by atoms with E-state index < -0.39 is 0 Å². The minimum absolute atomic E-state index is 0.162. The van der Waals surface area contributed by atoms with Crippen molar-refractivity contribution >= 4 is 17.5 Å². The number of hydrogen-bond donors (Lipinski definition) is 2. The van der Waals surface area contributed by atoms with Gasteiger partial charge in [-0.2, -0.15) is 0 Å². The van der Waals surface area contributed by atoms with Crippen molar-refractivity contribution in [3.8, 4) is 0 Å². The Kier molecular flexibility index (Phi) is 5.44. The Balaban J connectivity index is 2.09. The van der Waals surface area contributed by atoms with Crippen LogP contribution in [0.2, 0.25) is 5.02 Å². The van der Waals surface area contributed by atoms with Crippen LogP contribution in [0.25, 0.3) is 0 Å². The van der Waals surface area contributed by atoms with E-state index in [0.29, 0.717) is 6.54 Å². The molecule has 0 aliphatic heterocycles. The molecule has 110 valence electrons. The predicted octanol–water partition coefficient (Wildman–Crippen LogP) is 2.88. The highest BCUT2D eigenvalue weighted by Gasteiger charge is 2.42. The van der Waals surface area contributed by atoms with Crippen molar-refractivity contribution < 1.29 is 4.79 Å². The maximum absolute atomic E-state index is 12.6. The highest BCUT2D eigenvalue weighted by atomic mass is 35.5. The zero-order valence-electron chi connectivity index (χ0n) is 12.0. The number of halogens is 1. The number of amides is 1. The summed E-state index contributed by atoms with van der Waals surface area (Å²) in [6.07, 6.45) is 4.09. The van der Waals surface area contributed by atoms with Gasteiger partial charge in [0, 0.05) is 18.1 Å². The number of rotatable bonds is 6. The van der Waals surface area contributed by atoms with Crippen molar-refractivity contribution in [1.82, 2.24) is 10.6 Å². The van der Waals surface area contributed by atoms with Gasteiger partial charge in [-0.1, -0.05) is 43.5 Å². The Bertz CT molecular complexity index is 438. The molecule has 0 unspecified atom stereocenters. The Labute approximate surface area is 126 Å². The van der Waals surface area contributed by atoms with E-state index in [1.54, 1.807) is 0 Å². The molecule has 1 amide bonds. The SMILES string of the molecule is CCNCCNC(=O)C1(c2ccc(Cl)cc2)CCCC1. The van der Waals surface area contributed by atoms with Gasteiger partial charge in [-0.3, -0.25) is 4.79 Å². The molecule has 3 nitrogen and oxygen atoms in total. The molecule has 0 heterocycles. The third kappa shape index (κ3) is 3.33. The molecule has 2 N–H and O–H groups in total. The lowest BCUT2D eigenvalue weighted by molar-refractivity contribution is -0.126. The first-order valence-electron chi connectivity index (χ1n) is 7.44. The minimum Gasteiger partial charge on any atom is -0.354 e. The van der Waals surface area contributed by atoms with E-state index in [1.807, 2.05) is 24.3 Å². The molecule has 0 atom stereocenters. The summed E-state index contributed by atoms with van der Waals surface area (Å²) in [5, 5.41) is 7.02. The van der Waals surface area contributed by atoms with E-state index in [-0.39, 0.29) is 11.3 Å². The Morgan fingerprint density at radius 1 is 1.20 bits per heavy atom. The number of nitrogens with one attached hydrogen (secondary N) is 2. The summed E-state index contributed by atoms with van der Waals surface area (Å²) in [6.45, 7) is 4.49. The fourth-order valence-electron chi connectivity index (χ4n) is 3.00. The van der Waals surface area contributed by atoms with E-state index in [1.165, 1.54) is 0 Å². The van der Waals surface area contributed by atoms with Crippen LogP contribution in [0.4, 0.5) is 0 Å². The molecule has 2 rings (SSSR count). The summed E-state index contributed by atoms with van der Waals surface area (Å²) in [7, 11) is 0. The number of hydrogen-bond acceptors (Lipinski definition) is 2. The average Bonchev–Trinajstić information content (AvgIpc) is 2.95. The molecular weight excluding hydrogens is 272 g/mol. The fraction of sp³-hybridized carbons (Fsp3) is 0.562. The predicted molar refractivity (Wildman–Crippen MR) is 83.2 cm³/mol. The molecule has 0 aromatic heterocycles. The van der Waals surface area contributed by atoms with Crippen molar-refractivity contribution in [2.75, 3.05) is 19.6 Å². The standard InChI is InChI=1S/C16H23ClN2O/c1-2-18-11-12-19-15(20)16(9-3-4-10-16)13-5-7-14(17)8-6-13/h5-8,18H,2-4,9-12H2,1H3,(H,19,20). The van der Waals surface area contributed by atoms with Crippen molar-refractivity contribution in [3.63, 3.8) is 0 Å². The Hall–Kier alpha value is -1.06. The number of likely N-dealkylation sites (N-methyl/N-ethyl adjacent to an activating group) is 1. The van der Waals surface area contributed by atoms with Gasteiger partial charge in [0.25, 0.3) is 0 Å². The van der Waals surface area contributed by atoms with Crippen molar-refractivity contribution in [3.05, 3.63) is 34.9 Å². The van der Waals surface area contributed by atoms with Crippen LogP contribution in [-0.2, 0) is 10.2 Å². The maximum atomic E-state index is 12.6. The van der Waals surface area contributed by atoms with Gasteiger partial charge in [0.15, 0.2) is 0 Å². The monoisotopic (exact) mass is 294 g/mol. The quantitative estimate of drug-likeness (QED) is 0.792. The van der Waals surface area contributed by atoms with Gasteiger partial charge in [0.1, 0.15) is 0 Å². The number of carbonyl (C=O) groups excluding carboxylic acids is 1. The Morgan fingerprint density at radius 3 is 2.45 bits per heavy atom. The second-order valence-electron chi connectivity index (χ2n) is 5.41. The first-order valence-corrected chi connectivity index (χ1v) is 7.82. The fourth-order valence-corrected chi connectivity index (χ4v) is 3.13. The number of benzene rings is 1. The van der Waals surface area contributed by atoms with E-state index in [0.717, 1.165) is 49.4 Å². The van der Waals surface area contributed by atoms with Crippen molar-refractivity contribution in [1.29, 1.82) is 0 Å². The zero-order chi connectivity index (χ0) is 14.4. The van der Waals surface area contributed by atoms with Crippen LogP contribution in [-0.4, -0.2) is 25.5 Å². The van der Waals surface area contributed by atoms with Crippen LogP contribution in [0.5, 0.6) is 0 Å². The summed E-state index contributed by atoms with van der Waals surface area (Å²) in [4.78, 5) is 12.6. The summed E-state index contributed by atoms with van der Waals surface area (Å²) in [5.41, 5.74) is 0.747. The molecule has 1 aromatic carbocycles. The van der Waals surface area contributed by atoms with E-state index >= 15 is 0 Å². The normalized spacial score (nSPS) is 17.1. The van der Waals surface area contributed by atoms with Gasteiger partial charge in [-0.15, -0.1) is 0 Å². The molecule has 0 radical (unpaired) electrons. The van der Waals surface area contributed by atoms with Gasteiger partial charge < -0.3 is 10.6 Å². The van der Waals surface area contributed by atoms with Gasteiger partial charge in [-0.25, -0.2) is 0 Å². The molecule has 4 heteroatoms. The van der Waals surface area contributed by atoms with Crippen molar-refractivity contribution in [2.45, 2.75) is 38.0 Å². The molecular formula is C16H23ClN2O. The summed E-state index contributed by atoms with van der Waals surface area (Å²) in [5.74, 6) is 0.162. The van der Waals surface area contributed by atoms with Gasteiger partial charge in [0.2, 0.25) is 5.91 Å². The molecule has 1 aliphatic rings. The number of carbonyl (C=O) groups is 1. The van der Waals surface area contributed by atoms with Crippen LogP contribution >= 0.6 is 11.6 Å². The van der Waals surface area contributed by atoms with Crippen LogP contribution in [0.15, 0.2) is 24.3 Å². The molecule has 0 saturated heterocycles. The third-order valence-corrected chi connectivity index (χ3v) is 4.38. The Morgan fingerprint density at radius 2 is 1.85 bits per heavy atom. The van der Waals surface area contributed by atoms with Gasteiger partial charge >= 0.3 is 0 Å².